The summed E-state index contributed by atoms with van der Waals surface area (Å²) < 4.78 is 0. The summed E-state index contributed by atoms with van der Waals surface area (Å²) in [6.07, 6.45) is 28.5. The predicted molar refractivity (Wildman–Crippen MR) is 180 cm³/mol. The van der Waals surface area contributed by atoms with Gasteiger partial charge in [-0.25, -0.2) is 0 Å². The molecule has 0 heterocycles. The van der Waals surface area contributed by atoms with E-state index in [1.165, 1.54) is 71.1 Å². The normalized spacial score (nSPS) is 16.1. The lowest BCUT2D eigenvalue weighted by atomic mass is 9.94. The Balaban J connectivity index is 4.44. The molecule has 0 amide bonds. The molecule has 0 saturated heterocycles. The zero-order valence-electron chi connectivity index (χ0n) is 26.9. The average molecular weight is 586 g/mol. The van der Waals surface area contributed by atoms with Gasteiger partial charge in [-0.15, -0.1) is 0 Å². The summed E-state index contributed by atoms with van der Waals surface area (Å²) in [6.45, 7) is 22.8. The number of rotatable bonds is 19. The van der Waals surface area contributed by atoms with E-state index < -0.39 is 0 Å². The molecule has 0 rings (SSSR count). The van der Waals surface area contributed by atoms with Crippen LogP contribution in [-0.4, -0.2) is 5.33 Å². The predicted octanol–water partition coefficient (Wildman–Crippen LogP) is 13.2. The van der Waals surface area contributed by atoms with Crippen molar-refractivity contribution in [2.75, 3.05) is 5.33 Å². The minimum Gasteiger partial charge on any atom is -0.0883 e. The third kappa shape index (κ3) is 20.6. The lowest BCUT2D eigenvalue weighted by Gasteiger charge is -2.12. The number of halogens is 1. The molecule has 38 heavy (non-hydrogen) atoms. The van der Waals surface area contributed by atoms with Crippen molar-refractivity contribution in [3.63, 3.8) is 0 Å². The highest BCUT2D eigenvalue weighted by Crippen LogP contribution is 2.21. The fourth-order valence-corrected chi connectivity index (χ4v) is 4.81. The monoisotopic (exact) mass is 584 g/mol. The first kappa shape index (κ1) is 36.7. The van der Waals surface area contributed by atoms with Gasteiger partial charge in [-0.1, -0.05) is 111 Å². The number of alkyl halides is 1. The number of hydrogen-bond donors (Lipinski definition) is 0. The maximum atomic E-state index is 3.48. The fourth-order valence-electron chi connectivity index (χ4n) is 4.26. The van der Waals surface area contributed by atoms with E-state index in [0.717, 1.165) is 37.4 Å². The van der Waals surface area contributed by atoms with Crippen molar-refractivity contribution < 1.29 is 0 Å². The molecule has 0 spiro atoms. The minimum atomic E-state index is 0.621. The molecule has 2 atom stereocenters. The second-order valence-electron chi connectivity index (χ2n) is 12.0. The molecule has 0 radical (unpaired) electrons. The van der Waals surface area contributed by atoms with Crippen LogP contribution in [0.5, 0.6) is 0 Å². The van der Waals surface area contributed by atoms with Crippen LogP contribution in [0.3, 0.4) is 0 Å². The van der Waals surface area contributed by atoms with E-state index in [2.05, 4.69) is 128 Å². The smallest absolute Gasteiger partial charge is 0.0214 e. The Morgan fingerprint density at radius 2 is 0.816 bits per heavy atom. The molecule has 0 bridgehead atoms. The van der Waals surface area contributed by atoms with Crippen molar-refractivity contribution in [3.8, 4) is 0 Å². The van der Waals surface area contributed by atoms with Crippen molar-refractivity contribution in [1.82, 2.24) is 0 Å². The number of allylic oxidation sites excluding steroid dienone is 14. The van der Waals surface area contributed by atoms with Crippen LogP contribution in [0, 0.1) is 11.8 Å². The van der Waals surface area contributed by atoms with Crippen LogP contribution in [0.1, 0.15) is 133 Å². The Labute approximate surface area is 247 Å². The van der Waals surface area contributed by atoms with Gasteiger partial charge in [0.15, 0.2) is 0 Å². The van der Waals surface area contributed by atoms with Crippen LogP contribution in [0.15, 0.2) is 81.5 Å². The Hall–Kier alpha value is -1.34. The molecule has 0 N–H and O–H groups in total. The molecule has 0 nitrogen and oxygen atoms in total. The van der Waals surface area contributed by atoms with Gasteiger partial charge in [-0.3, -0.25) is 0 Å². The van der Waals surface area contributed by atoms with Gasteiger partial charge in [-0.05, 0) is 131 Å². The molecule has 0 aliphatic heterocycles. The third-order valence-corrected chi connectivity index (χ3v) is 8.08. The van der Waals surface area contributed by atoms with Gasteiger partial charge in [0.25, 0.3) is 0 Å². The molecule has 0 aromatic carbocycles. The van der Waals surface area contributed by atoms with E-state index in [4.69, 9.17) is 0 Å². The maximum absolute atomic E-state index is 3.48. The van der Waals surface area contributed by atoms with Crippen LogP contribution >= 0.6 is 15.9 Å². The molecule has 0 aliphatic carbocycles. The van der Waals surface area contributed by atoms with Crippen molar-refractivity contribution in [1.29, 1.82) is 0 Å². The van der Waals surface area contributed by atoms with Crippen molar-refractivity contribution in [2.45, 2.75) is 133 Å². The average Bonchev–Trinajstić information content (AvgIpc) is 2.85. The van der Waals surface area contributed by atoms with Gasteiger partial charge >= 0.3 is 0 Å². The Bertz CT molecular complexity index is 864. The van der Waals surface area contributed by atoms with Gasteiger partial charge in [-0.2, -0.15) is 0 Å². The van der Waals surface area contributed by atoms with Crippen LogP contribution in [0.25, 0.3) is 0 Å². The van der Waals surface area contributed by atoms with Crippen LogP contribution in [0.4, 0.5) is 0 Å². The van der Waals surface area contributed by atoms with Crippen molar-refractivity contribution in [2.24, 2.45) is 11.8 Å². The van der Waals surface area contributed by atoms with E-state index in [9.17, 15) is 0 Å². The molecule has 0 aromatic heterocycles. The third-order valence-electron chi connectivity index (χ3n) is 7.75. The van der Waals surface area contributed by atoms with Crippen LogP contribution in [0.2, 0.25) is 0 Å². The molecule has 216 valence electrons. The van der Waals surface area contributed by atoms with Gasteiger partial charge in [0, 0.05) is 5.33 Å². The Morgan fingerprint density at radius 1 is 0.474 bits per heavy atom. The van der Waals surface area contributed by atoms with Crippen LogP contribution < -0.4 is 0 Å². The van der Waals surface area contributed by atoms with E-state index in [1.807, 2.05) is 0 Å². The van der Waals surface area contributed by atoms with E-state index in [-0.39, 0.29) is 0 Å². The molecule has 0 saturated carbocycles. The quantitative estimate of drug-likeness (QED) is 0.104. The summed E-state index contributed by atoms with van der Waals surface area (Å²) in [5, 5.41) is 0.962. The first-order valence-corrected chi connectivity index (χ1v) is 16.2. The highest BCUT2D eigenvalue weighted by Gasteiger charge is 2.05. The highest BCUT2D eigenvalue weighted by molar-refractivity contribution is 9.09. The number of hydrogen-bond acceptors (Lipinski definition) is 0. The van der Waals surface area contributed by atoms with E-state index >= 15 is 0 Å². The molecule has 2 unspecified atom stereocenters. The van der Waals surface area contributed by atoms with Gasteiger partial charge in [0.05, 0.1) is 0 Å². The van der Waals surface area contributed by atoms with Gasteiger partial charge < -0.3 is 0 Å². The summed E-state index contributed by atoms with van der Waals surface area (Å²) in [5.74, 6) is 1.25. The molecule has 1 heteroatoms. The largest absolute Gasteiger partial charge is 0.0883 e. The molecular weight excluding hydrogens is 524 g/mol. The SMILES string of the molecule is CC(C)=CCC/C(C)=C/CC(C)/C(C)=C/CC/C(C)=C/CC(C)/C(C)=C/CC/C(C)=C/CC/C(C)=C/CBr. The first-order chi connectivity index (χ1) is 18.0. The Morgan fingerprint density at radius 3 is 1.21 bits per heavy atom. The van der Waals surface area contributed by atoms with E-state index in [0.29, 0.717) is 11.8 Å². The second-order valence-corrected chi connectivity index (χ2v) is 12.6. The first-order valence-electron chi connectivity index (χ1n) is 15.1. The summed E-state index contributed by atoms with van der Waals surface area (Å²) in [7, 11) is 0. The topological polar surface area (TPSA) is 0 Å². The zero-order chi connectivity index (χ0) is 28.9. The van der Waals surface area contributed by atoms with Gasteiger partial charge in [0.1, 0.15) is 0 Å². The van der Waals surface area contributed by atoms with Crippen molar-refractivity contribution in [3.05, 3.63) is 81.5 Å². The summed E-state index contributed by atoms with van der Waals surface area (Å²) in [6, 6.07) is 0. The Kier molecular flexibility index (Phi) is 21.7. The maximum Gasteiger partial charge on any atom is 0.0214 e. The molecule has 0 fully saturated rings. The zero-order valence-corrected chi connectivity index (χ0v) is 28.4. The second kappa shape index (κ2) is 22.5. The van der Waals surface area contributed by atoms with E-state index in [1.54, 1.807) is 0 Å². The minimum absolute atomic E-state index is 0.621. The highest BCUT2D eigenvalue weighted by atomic mass is 79.9. The fraction of sp³-hybridized carbons (Fsp3) is 0.622. The lowest BCUT2D eigenvalue weighted by Crippen LogP contribution is -1.96. The lowest BCUT2D eigenvalue weighted by molar-refractivity contribution is 0.679. The molecular formula is C37H61Br. The molecule has 0 aliphatic rings. The van der Waals surface area contributed by atoms with Gasteiger partial charge in [0.2, 0.25) is 0 Å². The van der Waals surface area contributed by atoms with Crippen LogP contribution in [-0.2, 0) is 0 Å². The molecule has 0 aromatic rings. The summed E-state index contributed by atoms with van der Waals surface area (Å²) in [5.41, 5.74) is 10.5. The van der Waals surface area contributed by atoms with Crippen molar-refractivity contribution >= 4 is 15.9 Å². The standard InChI is InChI=1S/C37H61Br/c1-29(2)15-11-16-31(4)23-25-36(9)35(8)22-14-20-32(5)24-26-37(10)34(7)21-13-19-30(3)17-12-18-33(6)27-28-38/h15,17,21-24,27,36-37H,11-14,16,18-20,25-26,28H2,1-10H3/b30-17+,31-23+,32-24+,33-27+,34-21+,35-22+. The summed E-state index contributed by atoms with van der Waals surface area (Å²) >= 11 is 3.48. The summed E-state index contributed by atoms with van der Waals surface area (Å²) in [4.78, 5) is 0.